The van der Waals surface area contributed by atoms with Crippen LogP contribution in [0.1, 0.15) is 47.5 Å². The van der Waals surface area contributed by atoms with Crippen molar-refractivity contribution in [3.63, 3.8) is 0 Å². The van der Waals surface area contributed by atoms with E-state index in [0.29, 0.717) is 18.3 Å². The maximum absolute atomic E-state index is 11.3. The van der Waals surface area contributed by atoms with Crippen molar-refractivity contribution in [2.75, 3.05) is 0 Å². The van der Waals surface area contributed by atoms with Crippen LogP contribution in [-0.4, -0.2) is 5.78 Å². The molecule has 0 saturated heterocycles. The van der Waals surface area contributed by atoms with Crippen LogP contribution >= 0.6 is 0 Å². The third kappa shape index (κ3) is 2.63. The minimum Gasteiger partial charge on any atom is -0.295 e. The average Bonchev–Trinajstić information content (AvgIpc) is 2.23. The van der Waals surface area contributed by atoms with Crippen molar-refractivity contribution < 1.29 is 4.79 Å². The van der Waals surface area contributed by atoms with Crippen LogP contribution in [0.3, 0.4) is 0 Å². The van der Waals surface area contributed by atoms with Crippen molar-refractivity contribution in [2.45, 2.75) is 47.5 Å². The van der Waals surface area contributed by atoms with E-state index in [4.69, 9.17) is 0 Å². The summed E-state index contributed by atoms with van der Waals surface area (Å²) in [6, 6.07) is 0. The van der Waals surface area contributed by atoms with Crippen molar-refractivity contribution in [1.29, 1.82) is 0 Å². The zero-order valence-corrected chi connectivity index (χ0v) is 11.2. The zero-order chi connectivity index (χ0) is 12.3. The molecular weight excluding hydrogens is 196 g/mol. The van der Waals surface area contributed by atoms with E-state index in [2.05, 4.69) is 39.8 Å². The number of carbonyl (C=O) groups is 1. The van der Waals surface area contributed by atoms with E-state index in [1.807, 2.05) is 6.92 Å². The van der Waals surface area contributed by atoms with Crippen LogP contribution in [0.4, 0.5) is 0 Å². The van der Waals surface area contributed by atoms with Crippen molar-refractivity contribution in [1.82, 2.24) is 0 Å². The van der Waals surface area contributed by atoms with Gasteiger partial charge in [-0.1, -0.05) is 45.4 Å². The summed E-state index contributed by atoms with van der Waals surface area (Å²) >= 11 is 0. The van der Waals surface area contributed by atoms with Crippen molar-refractivity contribution in [2.24, 2.45) is 17.3 Å². The summed E-state index contributed by atoms with van der Waals surface area (Å²) in [6.07, 6.45) is 7.95. The van der Waals surface area contributed by atoms with Gasteiger partial charge in [-0.15, -0.1) is 0 Å². The van der Waals surface area contributed by atoms with Crippen LogP contribution in [0.5, 0.6) is 0 Å². The fraction of sp³-hybridized carbons (Fsp3) is 0.667. The second-order valence-corrected chi connectivity index (χ2v) is 5.56. The Kier molecular flexibility index (Phi) is 4.12. The van der Waals surface area contributed by atoms with Gasteiger partial charge in [-0.2, -0.15) is 0 Å². The molecule has 0 aliphatic heterocycles. The van der Waals surface area contributed by atoms with Gasteiger partial charge in [0.05, 0.1) is 0 Å². The monoisotopic (exact) mass is 220 g/mol. The Morgan fingerprint density at radius 1 is 1.56 bits per heavy atom. The minimum atomic E-state index is 0.224. The van der Waals surface area contributed by atoms with E-state index in [1.54, 1.807) is 6.08 Å². The number of hydrogen-bond acceptors (Lipinski definition) is 1. The SMILES string of the molecule is CCC(=O)C=CC1C(C)=CCC(C)C1(C)C. The molecule has 0 spiro atoms. The van der Waals surface area contributed by atoms with E-state index in [1.165, 1.54) is 5.57 Å². The standard InChI is InChI=1S/C15H24O/c1-6-13(16)9-10-14-11(2)7-8-12(3)15(14,4)5/h7,9-10,12,14H,6,8H2,1-5H3. The fourth-order valence-electron chi connectivity index (χ4n) is 2.41. The van der Waals surface area contributed by atoms with Gasteiger partial charge in [0.1, 0.15) is 0 Å². The van der Waals surface area contributed by atoms with Gasteiger partial charge in [0.2, 0.25) is 0 Å². The summed E-state index contributed by atoms with van der Waals surface area (Å²) < 4.78 is 0. The second kappa shape index (κ2) is 4.99. The molecule has 0 aromatic heterocycles. The van der Waals surface area contributed by atoms with Gasteiger partial charge in [0, 0.05) is 12.3 Å². The summed E-state index contributed by atoms with van der Waals surface area (Å²) in [5.74, 6) is 1.30. The third-order valence-electron chi connectivity index (χ3n) is 4.18. The Morgan fingerprint density at radius 2 is 2.19 bits per heavy atom. The zero-order valence-electron chi connectivity index (χ0n) is 11.2. The van der Waals surface area contributed by atoms with Crippen LogP contribution < -0.4 is 0 Å². The Morgan fingerprint density at radius 3 is 2.75 bits per heavy atom. The summed E-state index contributed by atoms with van der Waals surface area (Å²) in [7, 11) is 0. The molecule has 1 nitrogen and oxygen atoms in total. The Labute approximate surface area is 99.6 Å². The lowest BCUT2D eigenvalue weighted by Crippen LogP contribution is -2.33. The first-order valence-electron chi connectivity index (χ1n) is 6.27. The van der Waals surface area contributed by atoms with Crippen molar-refractivity contribution in [3.05, 3.63) is 23.8 Å². The molecule has 1 heteroatoms. The average molecular weight is 220 g/mol. The van der Waals surface area contributed by atoms with Gasteiger partial charge in [-0.3, -0.25) is 4.79 Å². The lowest BCUT2D eigenvalue weighted by Gasteiger charge is -2.42. The summed E-state index contributed by atoms with van der Waals surface area (Å²) in [5.41, 5.74) is 1.66. The molecule has 1 aliphatic carbocycles. The molecule has 16 heavy (non-hydrogen) atoms. The molecule has 0 fully saturated rings. The highest BCUT2D eigenvalue weighted by atomic mass is 16.1. The number of carbonyl (C=O) groups excluding carboxylic acids is 1. The van der Waals surface area contributed by atoms with Gasteiger partial charge < -0.3 is 0 Å². The normalized spacial score (nSPS) is 29.2. The van der Waals surface area contributed by atoms with Crippen molar-refractivity contribution >= 4 is 5.78 Å². The van der Waals surface area contributed by atoms with Gasteiger partial charge in [-0.05, 0) is 30.8 Å². The molecule has 2 atom stereocenters. The van der Waals surface area contributed by atoms with Gasteiger partial charge in [0.15, 0.2) is 5.78 Å². The van der Waals surface area contributed by atoms with Crippen LogP contribution in [0.2, 0.25) is 0 Å². The fourth-order valence-corrected chi connectivity index (χ4v) is 2.41. The molecule has 90 valence electrons. The largest absolute Gasteiger partial charge is 0.295 e. The number of hydrogen-bond donors (Lipinski definition) is 0. The maximum Gasteiger partial charge on any atom is 0.155 e. The number of rotatable bonds is 3. The number of ketones is 1. The Balaban J connectivity index is 2.91. The van der Waals surface area contributed by atoms with E-state index >= 15 is 0 Å². The molecular formula is C15H24O. The first kappa shape index (κ1) is 13.2. The maximum atomic E-state index is 11.3. The van der Waals surface area contributed by atoms with Gasteiger partial charge in [0.25, 0.3) is 0 Å². The predicted molar refractivity (Wildman–Crippen MR) is 69.2 cm³/mol. The summed E-state index contributed by atoms with van der Waals surface area (Å²) in [4.78, 5) is 11.3. The summed E-state index contributed by atoms with van der Waals surface area (Å²) in [5, 5.41) is 0. The molecule has 0 aromatic rings. The molecule has 0 heterocycles. The van der Waals surface area contributed by atoms with E-state index in [9.17, 15) is 4.79 Å². The lowest BCUT2D eigenvalue weighted by molar-refractivity contribution is -0.114. The van der Waals surface area contributed by atoms with E-state index < -0.39 is 0 Å². The van der Waals surface area contributed by atoms with Crippen LogP contribution in [-0.2, 0) is 4.79 Å². The Bertz CT molecular complexity index is 320. The molecule has 0 saturated carbocycles. The highest BCUT2D eigenvalue weighted by Crippen LogP contribution is 2.45. The van der Waals surface area contributed by atoms with Crippen LogP contribution in [0, 0.1) is 17.3 Å². The molecule has 0 radical (unpaired) electrons. The first-order chi connectivity index (χ1) is 7.39. The smallest absolute Gasteiger partial charge is 0.155 e. The predicted octanol–water partition coefficient (Wildman–Crippen LogP) is 4.15. The highest BCUT2D eigenvalue weighted by molar-refractivity contribution is 5.89. The van der Waals surface area contributed by atoms with E-state index in [-0.39, 0.29) is 11.2 Å². The van der Waals surface area contributed by atoms with Crippen molar-refractivity contribution in [3.8, 4) is 0 Å². The van der Waals surface area contributed by atoms with Crippen LogP contribution in [0.25, 0.3) is 0 Å². The Hall–Kier alpha value is -0.850. The molecule has 1 aliphatic rings. The summed E-state index contributed by atoms with van der Waals surface area (Å²) in [6.45, 7) is 11.0. The quantitative estimate of drug-likeness (QED) is 0.516. The second-order valence-electron chi connectivity index (χ2n) is 5.56. The molecule has 2 unspecified atom stereocenters. The third-order valence-corrected chi connectivity index (χ3v) is 4.18. The van der Waals surface area contributed by atoms with Gasteiger partial charge in [-0.25, -0.2) is 0 Å². The van der Waals surface area contributed by atoms with Gasteiger partial charge >= 0.3 is 0 Å². The molecule has 0 amide bonds. The molecule has 0 bridgehead atoms. The van der Waals surface area contributed by atoms with E-state index in [0.717, 1.165) is 6.42 Å². The first-order valence-corrected chi connectivity index (χ1v) is 6.27. The molecule has 1 rings (SSSR count). The highest BCUT2D eigenvalue weighted by Gasteiger charge is 2.36. The minimum absolute atomic E-state index is 0.224. The topological polar surface area (TPSA) is 17.1 Å². The lowest BCUT2D eigenvalue weighted by atomic mass is 9.63. The number of allylic oxidation sites excluding steroid dienone is 4. The molecule has 0 aromatic carbocycles. The molecule has 0 N–H and O–H groups in total. The van der Waals surface area contributed by atoms with Crippen LogP contribution in [0.15, 0.2) is 23.8 Å².